The van der Waals surface area contributed by atoms with E-state index < -0.39 is 0 Å². The monoisotopic (exact) mass is 196 g/mol. The van der Waals surface area contributed by atoms with Crippen LogP contribution in [-0.4, -0.2) is 36.5 Å². The average molecular weight is 196 g/mol. The Morgan fingerprint density at radius 1 is 1.29 bits per heavy atom. The molecule has 1 amide bonds. The fraction of sp³-hybridized carbons (Fsp3) is 0.909. The maximum absolute atomic E-state index is 12.0. The number of nitrogens with one attached hydrogen (secondary N) is 1. The van der Waals surface area contributed by atoms with E-state index in [1.54, 1.807) is 0 Å². The van der Waals surface area contributed by atoms with Crippen LogP contribution in [0.25, 0.3) is 0 Å². The highest BCUT2D eigenvalue weighted by molar-refractivity contribution is 5.82. The first-order chi connectivity index (χ1) is 6.68. The Labute approximate surface area is 85.8 Å². The molecule has 3 nitrogen and oxygen atoms in total. The van der Waals surface area contributed by atoms with Gasteiger partial charge in [0.15, 0.2) is 0 Å². The van der Waals surface area contributed by atoms with E-state index in [1.165, 1.54) is 0 Å². The van der Waals surface area contributed by atoms with Crippen molar-refractivity contribution in [2.45, 2.75) is 32.7 Å². The summed E-state index contributed by atoms with van der Waals surface area (Å²) in [7, 11) is 0. The summed E-state index contributed by atoms with van der Waals surface area (Å²) in [5.41, 5.74) is 0. The first-order valence-corrected chi connectivity index (χ1v) is 5.70. The molecule has 0 spiro atoms. The van der Waals surface area contributed by atoms with Crippen molar-refractivity contribution >= 4 is 5.91 Å². The summed E-state index contributed by atoms with van der Waals surface area (Å²) in [6.45, 7) is 7.39. The van der Waals surface area contributed by atoms with Gasteiger partial charge in [0.2, 0.25) is 5.91 Å². The van der Waals surface area contributed by atoms with Crippen molar-refractivity contribution in [3.8, 4) is 0 Å². The lowest BCUT2D eigenvalue weighted by Crippen LogP contribution is -2.42. The Kier molecular flexibility index (Phi) is 2.77. The third-order valence-corrected chi connectivity index (χ3v) is 3.66. The van der Waals surface area contributed by atoms with E-state index in [1.807, 2.05) is 4.90 Å². The standard InChI is InChI=1S/C11H20N2O/c1-8-6-13(7-9(8)2)11(14)10-4-3-5-12-10/h8-10,12H,3-7H2,1-2H3/t8?,9?,10-/m0/s1. The maximum atomic E-state index is 12.0. The van der Waals surface area contributed by atoms with Crippen LogP contribution >= 0.6 is 0 Å². The van der Waals surface area contributed by atoms with Crippen LogP contribution in [-0.2, 0) is 4.79 Å². The molecule has 2 saturated heterocycles. The summed E-state index contributed by atoms with van der Waals surface area (Å²) in [6.07, 6.45) is 2.17. The predicted octanol–water partition coefficient (Wildman–Crippen LogP) is 0.853. The molecule has 0 bridgehead atoms. The number of rotatable bonds is 1. The van der Waals surface area contributed by atoms with Gasteiger partial charge in [-0.1, -0.05) is 13.8 Å². The molecular weight excluding hydrogens is 176 g/mol. The predicted molar refractivity (Wildman–Crippen MR) is 55.9 cm³/mol. The maximum Gasteiger partial charge on any atom is 0.239 e. The topological polar surface area (TPSA) is 32.3 Å². The molecule has 0 saturated carbocycles. The van der Waals surface area contributed by atoms with Gasteiger partial charge in [-0.05, 0) is 31.2 Å². The molecule has 0 radical (unpaired) electrons. The fourth-order valence-electron chi connectivity index (χ4n) is 2.43. The molecule has 0 aliphatic carbocycles. The molecule has 14 heavy (non-hydrogen) atoms. The molecule has 2 unspecified atom stereocenters. The van der Waals surface area contributed by atoms with E-state index in [4.69, 9.17) is 0 Å². The lowest BCUT2D eigenvalue weighted by molar-refractivity contribution is -0.132. The first kappa shape index (κ1) is 9.97. The second kappa shape index (κ2) is 3.89. The molecule has 2 fully saturated rings. The van der Waals surface area contributed by atoms with Gasteiger partial charge in [-0.25, -0.2) is 0 Å². The quantitative estimate of drug-likeness (QED) is 0.674. The normalized spacial score (nSPS) is 37.9. The van der Waals surface area contributed by atoms with Crippen LogP contribution in [0, 0.1) is 11.8 Å². The second-order valence-electron chi connectivity index (χ2n) is 4.85. The van der Waals surface area contributed by atoms with Crippen molar-refractivity contribution in [3.05, 3.63) is 0 Å². The van der Waals surface area contributed by atoms with Crippen molar-refractivity contribution in [3.63, 3.8) is 0 Å². The Bertz CT molecular complexity index is 213. The van der Waals surface area contributed by atoms with Gasteiger partial charge in [0.05, 0.1) is 6.04 Å². The molecule has 2 aliphatic heterocycles. The minimum absolute atomic E-state index is 0.118. The summed E-state index contributed by atoms with van der Waals surface area (Å²) in [6, 6.07) is 0.118. The van der Waals surface area contributed by atoms with Crippen molar-refractivity contribution in [1.82, 2.24) is 10.2 Å². The highest BCUT2D eigenvalue weighted by Gasteiger charge is 2.33. The number of carbonyl (C=O) groups is 1. The summed E-state index contributed by atoms with van der Waals surface area (Å²) in [5.74, 6) is 1.67. The van der Waals surface area contributed by atoms with Crippen molar-refractivity contribution in [2.24, 2.45) is 11.8 Å². The fourth-order valence-corrected chi connectivity index (χ4v) is 2.43. The third kappa shape index (κ3) is 1.78. The van der Waals surface area contributed by atoms with Gasteiger partial charge < -0.3 is 10.2 Å². The highest BCUT2D eigenvalue weighted by atomic mass is 16.2. The van der Waals surface area contributed by atoms with E-state index in [0.29, 0.717) is 17.7 Å². The number of carbonyl (C=O) groups excluding carboxylic acids is 1. The first-order valence-electron chi connectivity index (χ1n) is 5.70. The van der Waals surface area contributed by atoms with E-state index in [2.05, 4.69) is 19.2 Å². The Hall–Kier alpha value is -0.570. The molecule has 2 rings (SSSR count). The number of hydrogen-bond acceptors (Lipinski definition) is 2. The van der Waals surface area contributed by atoms with Gasteiger partial charge in [0.1, 0.15) is 0 Å². The molecule has 80 valence electrons. The number of likely N-dealkylation sites (tertiary alicyclic amines) is 1. The molecule has 2 heterocycles. The van der Waals surface area contributed by atoms with Crippen LogP contribution in [0.3, 0.4) is 0 Å². The van der Waals surface area contributed by atoms with E-state index in [0.717, 1.165) is 32.5 Å². The largest absolute Gasteiger partial charge is 0.341 e. The average Bonchev–Trinajstić information content (AvgIpc) is 2.76. The summed E-state index contributed by atoms with van der Waals surface area (Å²) >= 11 is 0. The van der Waals surface area contributed by atoms with Gasteiger partial charge in [-0.15, -0.1) is 0 Å². The minimum atomic E-state index is 0.118. The Balaban J connectivity index is 1.92. The smallest absolute Gasteiger partial charge is 0.239 e. The zero-order valence-electron chi connectivity index (χ0n) is 9.12. The minimum Gasteiger partial charge on any atom is -0.341 e. The van der Waals surface area contributed by atoms with E-state index in [9.17, 15) is 4.79 Å². The molecule has 3 heteroatoms. The van der Waals surface area contributed by atoms with Gasteiger partial charge in [-0.3, -0.25) is 4.79 Å². The zero-order valence-corrected chi connectivity index (χ0v) is 9.12. The van der Waals surface area contributed by atoms with Gasteiger partial charge in [-0.2, -0.15) is 0 Å². The molecule has 0 aromatic heterocycles. The van der Waals surface area contributed by atoms with E-state index in [-0.39, 0.29) is 6.04 Å². The van der Waals surface area contributed by atoms with Gasteiger partial charge >= 0.3 is 0 Å². The van der Waals surface area contributed by atoms with Gasteiger partial charge in [0, 0.05) is 13.1 Å². The Morgan fingerprint density at radius 2 is 1.93 bits per heavy atom. The molecule has 1 N–H and O–H groups in total. The molecule has 0 aromatic carbocycles. The van der Waals surface area contributed by atoms with Crippen LogP contribution < -0.4 is 5.32 Å². The summed E-state index contributed by atoms with van der Waals surface area (Å²) < 4.78 is 0. The van der Waals surface area contributed by atoms with Crippen LogP contribution in [0.2, 0.25) is 0 Å². The summed E-state index contributed by atoms with van der Waals surface area (Å²) in [4.78, 5) is 14.0. The van der Waals surface area contributed by atoms with Crippen molar-refractivity contribution in [1.29, 1.82) is 0 Å². The van der Waals surface area contributed by atoms with E-state index >= 15 is 0 Å². The second-order valence-corrected chi connectivity index (χ2v) is 4.85. The number of amides is 1. The lowest BCUT2D eigenvalue weighted by Gasteiger charge is -2.20. The Morgan fingerprint density at radius 3 is 2.43 bits per heavy atom. The number of hydrogen-bond donors (Lipinski definition) is 1. The van der Waals surface area contributed by atoms with Crippen LogP contribution in [0.1, 0.15) is 26.7 Å². The molecule has 0 aromatic rings. The third-order valence-electron chi connectivity index (χ3n) is 3.66. The molecular formula is C11H20N2O. The number of nitrogens with zero attached hydrogens (tertiary/aromatic N) is 1. The molecule has 3 atom stereocenters. The van der Waals surface area contributed by atoms with Crippen LogP contribution in [0.15, 0.2) is 0 Å². The highest BCUT2D eigenvalue weighted by Crippen LogP contribution is 2.23. The van der Waals surface area contributed by atoms with Gasteiger partial charge in [0.25, 0.3) is 0 Å². The zero-order chi connectivity index (χ0) is 10.1. The van der Waals surface area contributed by atoms with Crippen LogP contribution in [0.5, 0.6) is 0 Å². The molecule has 2 aliphatic rings. The van der Waals surface area contributed by atoms with Crippen molar-refractivity contribution in [2.75, 3.05) is 19.6 Å². The van der Waals surface area contributed by atoms with Crippen LogP contribution in [0.4, 0.5) is 0 Å². The van der Waals surface area contributed by atoms with Crippen molar-refractivity contribution < 1.29 is 4.79 Å². The lowest BCUT2D eigenvalue weighted by atomic mass is 10.0. The summed E-state index contributed by atoms with van der Waals surface area (Å²) in [5, 5.41) is 3.27. The SMILES string of the molecule is CC1CN(C(=O)[C@@H]2CCCN2)CC1C.